The maximum atomic E-state index is 13.5. The lowest BCUT2D eigenvalue weighted by Gasteiger charge is -2.17. The van der Waals surface area contributed by atoms with Gasteiger partial charge in [-0.15, -0.1) is 13.2 Å². The minimum atomic E-state index is -4.89. The number of amides is 2. The van der Waals surface area contributed by atoms with Crippen LogP contribution < -0.4 is 15.0 Å². The minimum Gasteiger partial charge on any atom is -0.406 e. The second kappa shape index (κ2) is 7.97. The fraction of sp³-hybridized carbons (Fsp3) is 0.222. The molecule has 158 valence electrons. The van der Waals surface area contributed by atoms with E-state index in [0.717, 1.165) is 29.2 Å². The summed E-state index contributed by atoms with van der Waals surface area (Å²) in [6.07, 6.45) is -5.12. The molecule has 2 aromatic carbocycles. The van der Waals surface area contributed by atoms with E-state index in [2.05, 4.69) is 10.1 Å². The van der Waals surface area contributed by atoms with E-state index < -0.39 is 46.3 Å². The summed E-state index contributed by atoms with van der Waals surface area (Å²) < 4.78 is 54.2. The summed E-state index contributed by atoms with van der Waals surface area (Å²) in [5.41, 5.74) is -0.719. The topological polar surface area (TPSA) is 102 Å². The van der Waals surface area contributed by atoms with Crippen LogP contribution >= 0.6 is 0 Å². The lowest BCUT2D eigenvalue weighted by Crippen LogP contribution is -2.28. The summed E-state index contributed by atoms with van der Waals surface area (Å²) in [5, 5.41) is 13.3. The molecule has 0 aliphatic carbocycles. The zero-order valence-corrected chi connectivity index (χ0v) is 15.0. The van der Waals surface area contributed by atoms with Gasteiger partial charge < -0.3 is 15.0 Å². The average molecular weight is 427 g/mol. The van der Waals surface area contributed by atoms with Gasteiger partial charge in [0.05, 0.1) is 16.5 Å². The molecule has 1 heterocycles. The fourth-order valence-corrected chi connectivity index (χ4v) is 2.96. The molecule has 12 heteroatoms. The lowest BCUT2D eigenvalue weighted by molar-refractivity contribution is -0.387. The molecule has 0 aromatic heterocycles. The molecule has 2 aromatic rings. The van der Waals surface area contributed by atoms with Gasteiger partial charge in [0, 0.05) is 30.8 Å². The summed E-state index contributed by atoms with van der Waals surface area (Å²) in [4.78, 5) is 35.8. The Morgan fingerprint density at radius 3 is 2.63 bits per heavy atom. The first-order valence-electron chi connectivity index (χ1n) is 8.44. The van der Waals surface area contributed by atoms with Gasteiger partial charge in [-0.2, -0.15) is 4.39 Å². The van der Waals surface area contributed by atoms with Crippen molar-refractivity contribution in [3.8, 4) is 5.75 Å². The van der Waals surface area contributed by atoms with Gasteiger partial charge in [0.25, 0.3) is 0 Å². The Labute approximate surface area is 166 Å². The first kappa shape index (κ1) is 21.0. The number of nitrogens with zero attached hydrogens (tertiary/aromatic N) is 2. The third-order valence-corrected chi connectivity index (χ3v) is 4.27. The summed E-state index contributed by atoms with van der Waals surface area (Å²) in [6, 6.07) is 7.55. The average Bonchev–Trinajstić information content (AvgIpc) is 3.02. The van der Waals surface area contributed by atoms with Crippen LogP contribution in [0.5, 0.6) is 5.75 Å². The van der Waals surface area contributed by atoms with Gasteiger partial charge in [-0.25, -0.2) is 0 Å². The number of nitro benzene ring substituents is 1. The highest BCUT2D eigenvalue weighted by Gasteiger charge is 2.36. The monoisotopic (exact) mass is 427 g/mol. The van der Waals surface area contributed by atoms with Gasteiger partial charge in [-0.1, -0.05) is 6.07 Å². The Bertz CT molecular complexity index is 1010. The molecular weight excluding hydrogens is 414 g/mol. The number of ether oxygens (including phenoxy) is 1. The Balaban J connectivity index is 1.71. The Morgan fingerprint density at radius 2 is 1.97 bits per heavy atom. The Morgan fingerprint density at radius 1 is 1.23 bits per heavy atom. The van der Waals surface area contributed by atoms with Crippen molar-refractivity contribution in [3.63, 3.8) is 0 Å². The highest BCUT2D eigenvalue weighted by atomic mass is 19.4. The number of benzene rings is 2. The van der Waals surface area contributed by atoms with E-state index in [9.17, 15) is 37.3 Å². The molecule has 0 unspecified atom stereocenters. The summed E-state index contributed by atoms with van der Waals surface area (Å²) >= 11 is 0. The number of alkyl halides is 3. The highest BCUT2D eigenvalue weighted by Crippen LogP contribution is 2.31. The van der Waals surface area contributed by atoms with E-state index in [0.29, 0.717) is 0 Å². The largest absolute Gasteiger partial charge is 0.573 e. The van der Waals surface area contributed by atoms with Crippen molar-refractivity contribution in [2.24, 2.45) is 5.92 Å². The maximum Gasteiger partial charge on any atom is 0.573 e. The third kappa shape index (κ3) is 4.82. The van der Waals surface area contributed by atoms with Gasteiger partial charge in [-0.3, -0.25) is 19.7 Å². The molecule has 0 radical (unpaired) electrons. The SMILES string of the molecule is O=C(Nc1cccc(OC(F)(F)F)c1)[C@H]1CC(=O)N(c2ccc(F)c([N+](=O)[O-])c2)C1. The Hall–Kier alpha value is -3.70. The number of hydrogen-bond acceptors (Lipinski definition) is 5. The molecule has 1 atom stereocenters. The second-order valence-electron chi connectivity index (χ2n) is 6.36. The number of nitro groups is 1. The number of carbonyl (C=O) groups excluding carboxylic acids is 2. The van der Waals surface area contributed by atoms with E-state index >= 15 is 0 Å². The van der Waals surface area contributed by atoms with Crippen LogP contribution in [0.15, 0.2) is 42.5 Å². The number of halogens is 4. The molecule has 8 nitrogen and oxygen atoms in total. The number of hydrogen-bond donors (Lipinski definition) is 1. The molecule has 0 saturated carbocycles. The molecule has 1 aliphatic heterocycles. The van der Waals surface area contributed by atoms with E-state index in [-0.39, 0.29) is 24.3 Å². The standard InChI is InChI=1S/C18H13F4N3O5/c19-14-5-4-12(8-15(14)25(28)29)24-9-10(6-16(24)26)17(27)23-11-2-1-3-13(7-11)30-18(20,21)22/h1-5,7-8,10H,6,9H2,(H,23,27)/t10-/m0/s1. The number of rotatable bonds is 5. The predicted molar refractivity (Wildman–Crippen MR) is 95.3 cm³/mol. The van der Waals surface area contributed by atoms with Crippen molar-refractivity contribution < 1.29 is 36.8 Å². The first-order chi connectivity index (χ1) is 14.0. The molecule has 1 N–H and O–H groups in total. The summed E-state index contributed by atoms with van der Waals surface area (Å²) in [6.45, 7) is -0.133. The van der Waals surface area contributed by atoms with E-state index in [4.69, 9.17) is 0 Å². The molecule has 1 fully saturated rings. The zero-order chi connectivity index (χ0) is 22.1. The zero-order valence-electron chi connectivity index (χ0n) is 15.0. The normalized spacial score (nSPS) is 16.5. The number of nitrogens with one attached hydrogen (secondary N) is 1. The molecular formula is C18H13F4N3O5. The van der Waals surface area contributed by atoms with Crippen LogP contribution in [-0.4, -0.2) is 29.6 Å². The molecule has 2 amide bonds. The fourth-order valence-electron chi connectivity index (χ4n) is 2.96. The van der Waals surface area contributed by atoms with Gasteiger partial charge in [-0.05, 0) is 24.3 Å². The molecule has 0 spiro atoms. The van der Waals surface area contributed by atoms with Gasteiger partial charge in [0.1, 0.15) is 5.75 Å². The lowest BCUT2D eigenvalue weighted by atomic mass is 10.1. The van der Waals surface area contributed by atoms with Gasteiger partial charge in [0.2, 0.25) is 17.6 Å². The van der Waals surface area contributed by atoms with Crippen LogP contribution in [0.3, 0.4) is 0 Å². The van der Waals surface area contributed by atoms with E-state index in [1.54, 1.807) is 0 Å². The van der Waals surface area contributed by atoms with Crippen molar-refractivity contribution in [2.75, 3.05) is 16.8 Å². The minimum absolute atomic E-state index is 0.0325. The number of anilines is 2. The van der Waals surface area contributed by atoms with E-state index in [1.807, 2.05) is 0 Å². The van der Waals surface area contributed by atoms with Crippen LogP contribution in [0.4, 0.5) is 34.6 Å². The predicted octanol–water partition coefficient (Wildman–Crippen LogP) is 3.62. The van der Waals surface area contributed by atoms with Crippen LogP contribution in [0.1, 0.15) is 6.42 Å². The number of carbonyl (C=O) groups is 2. The summed E-state index contributed by atoms with van der Waals surface area (Å²) in [7, 11) is 0. The molecule has 3 rings (SSSR count). The molecule has 1 aliphatic rings. The van der Waals surface area contributed by atoms with Crippen molar-refractivity contribution >= 4 is 28.9 Å². The van der Waals surface area contributed by atoms with E-state index in [1.165, 1.54) is 18.2 Å². The van der Waals surface area contributed by atoms with Crippen LogP contribution in [0.25, 0.3) is 0 Å². The Kier molecular flexibility index (Phi) is 5.58. The van der Waals surface area contributed by atoms with Gasteiger partial charge in [0.15, 0.2) is 0 Å². The molecule has 30 heavy (non-hydrogen) atoms. The van der Waals surface area contributed by atoms with Crippen molar-refractivity contribution in [3.05, 3.63) is 58.4 Å². The van der Waals surface area contributed by atoms with Crippen LogP contribution in [0, 0.1) is 21.8 Å². The second-order valence-corrected chi connectivity index (χ2v) is 6.36. The third-order valence-electron chi connectivity index (χ3n) is 4.27. The van der Waals surface area contributed by atoms with Crippen molar-refractivity contribution in [1.29, 1.82) is 0 Å². The smallest absolute Gasteiger partial charge is 0.406 e. The highest BCUT2D eigenvalue weighted by molar-refractivity contribution is 6.03. The quantitative estimate of drug-likeness (QED) is 0.446. The first-order valence-corrected chi connectivity index (χ1v) is 8.44. The summed E-state index contributed by atoms with van der Waals surface area (Å²) in [5.74, 6) is -3.60. The van der Waals surface area contributed by atoms with Crippen molar-refractivity contribution in [2.45, 2.75) is 12.8 Å². The van der Waals surface area contributed by atoms with Crippen LogP contribution in [0.2, 0.25) is 0 Å². The van der Waals surface area contributed by atoms with Crippen molar-refractivity contribution in [1.82, 2.24) is 0 Å². The maximum absolute atomic E-state index is 13.5. The molecule has 0 bridgehead atoms. The van der Waals surface area contributed by atoms with Gasteiger partial charge >= 0.3 is 12.0 Å². The molecule has 1 saturated heterocycles. The van der Waals surface area contributed by atoms with Crippen LogP contribution in [-0.2, 0) is 9.59 Å².